The molecule has 0 spiro atoms. The summed E-state index contributed by atoms with van der Waals surface area (Å²) in [4.78, 5) is 46.5. The fraction of sp³-hybridized carbons (Fsp3) is 0.250. The van der Waals surface area contributed by atoms with E-state index in [0.717, 1.165) is 0 Å². The molecule has 0 aliphatic carbocycles. The van der Waals surface area contributed by atoms with Crippen LogP contribution in [0.3, 0.4) is 0 Å². The van der Waals surface area contributed by atoms with Crippen LogP contribution in [-0.2, 0) is 45.5 Å². The van der Waals surface area contributed by atoms with Crippen LogP contribution in [0.25, 0.3) is 0 Å². The molecule has 117 valence electrons. The van der Waals surface area contributed by atoms with Crippen molar-refractivity contribution in [1.82, 2.24) is 0 Å². The summed E-state index contributed by atoms with van der Waals surface area (Å²) in [5.74, 6) is 1.42. The van der Waals surface area contributed by atoms with E-state index in [1.165, 1.54) is 5.92 Å². The van der Waals surface area contributed by atoms with Crippen molar-refractivity contribution in [3.05, 3.63) is 12.3 Å². The molecular weight excluding hydrogens is 299 g/mol. The Morgan fingerprint density at radius 3 is 0.579 bits per heavy atom. The van der Waals surface area contributed by atoms with Crippen LogP contribution in [0.15, 0.2) is 0 Å². The quantitative estimate of drug-likeness (QED) is 0.359. The molecule has 0 saturated carbocycles. The van der Waals surface area contributed by atoms with Crippen LogP contribution in [0, 0.1) is 18.8 Å². The third-order valence-electron chi connectivity index (χ3n) is 0. The van der Waals surface area contributed by atoms with Crippen LogP contribution in [0.1, 0.15) is 20.8 Å². The van der Waals surface area contributed by atoms with Gasteiger partial charge in [-0.1, -0.05) is 0 Å². The normalized spacial score (nSPS) is 3.26. The molecule has 0 aromatic carbocycles. The van der Waals surface area contributed by atoms with E-state index in [1.54, 1.807) is 0 Å². The Hall–Kier alpha value is -1.91. The first-order valence-corrected chi connectivity index (χ1v) is 3.20. The molecule has 0 aromatic rings. The maximum absolute atomic E-state index is 7.75. The molecule has 0 amide bonds. The Bertz CT molecular complexity index is 83.2. The molecule has 0 aromatic heterocycles. The predicted octanol–water partition coefficient (Wildman–Crippen LogP) is 0.179. The molecule has 0 fully saturated rings. The molecule has 0 heterocycles. The monoisotopic (exact) mass is 315 g/mol. The van der Waals surface area contributed by atoms with Crippen molar-refractivity contribution in [2.45, 2.75) is 20.8 Å². The minimum absolute atomic E-state index is 0. The van der Waals surface area contributed by atoms with Crippen molar-refractivity contribution in [3.8, 4) is 6.42 Å². The number of hydrogen-bond acceptors (Lipinski definition) is 6. The van der Waals surface area contributed by atoms with Crippen LogP contribution < -0.4 is 0 Å². The van der Waals surface area contributed by atoms with Gasteiger partial charge in [0, 0.05) is 16.8 Å². The first-order chi connectivity index (χ1) is 8.73. The smallest absolute Gasteiger partial charge is 0 e. The van der Waals surface area contributed by atoms with Crippen molar-refractivity contribution in [2.75, 3.05) is 0 Å². The molecule has 1 radical (unpaired) electrons. The SMILES string of the molecule is C[C-](C)C.[C-]#C.[CH-]=O.[CH-]=O.[CH-]=O.[CH-]=O.[CH-]=O.[CH-]=O.[Co]. The van der Waals surface area contributed by atoms with E-state index in [9.17, 15) is 0 Å². The molecule has 0 aliphatic heterocycles. The largest absolute Gasteiger partial charge is 0.697 e. The third-order valence-corrected chi connectivity index (χ3v) is 0. The van der Waals surface area contributed by atoms with E-state index in [2.05, 4.69) is 67.9 Å². The number of terminal acetylenes is 1. The summed E-state index contributed by atoms with van der Waals surface area (Å²) in [5, 5.41) is 0. The van der Waals surface area contributed by atoms with Crippen molar-refractivity contribution < 1.29 is 45.5 Å². The molecule has 0 bridgehead atoms. The van der Waals surface area contributed by atoms with Gasteiger partial charge in [-0.15, -0.1) is 0 Å². The van der Waals surface area contributed by atoms with Crippen LogP contribution >= 0.6 is 0 Å². The van der Waals surface area contributed by atoms with Gasteiger partial charge in [0.05, 0.1) is 0 Å². The minimum Gasteiger partial charge on any atom is -0.697 e. The molecule has 0 N–H and O–H groups in total. The molecule has 6 nitrogen and oxygen atoms in total. The zero-order valence-electron chi connectivity index (χ0n) is 10.8. The maximum Gasteiger partial charge on any atom is 0 e. The maximum atomic E-state index is 7.75. The first kappa shape index (κ1) is 67.6. The second-order valence-electron chi connectivity index (χ2n) is 1.50. The molecule has 19 heavy (non-hydrogen) atoms. The number of carbonyl (C=O) groups excluding carboxylic acids is 6. The van der Waals surface area contributed by atoms with Crippen LogP contribution in [0.4, 0.5) is 0 Å². The average molecular weight is 315 g/mol. The standard InChI is InChI=1S/C4H9.C2H.6CHO.Co/c1-4(2)3;7*1-2;/h1-3H3;7*1H;/q8*-1;. The predicted molar refractivity (Wildman–Crippen MR) is 69.0 cm³/mol. The van der Waals surface area contributed by atoms with Gasteiger partial charge in [-0.25, -0.2) is 0 Å². The van der Waals surface area contributed by atoms with Crippen LogP contribution in [0.2, 0.25) is 0 Å². The van der Waals surface area contributed by atoms with E-state index in [4.69, 9.17) is 35.2 Å². The summed E-state index contributed by atoms with van der Waals surface area (Å²) in [7, 11) is 0. The van der Waals surface area contributed by atoms with Gasteiger partial charge in [0.1, 0.15) is 0 Å². The Balaban J connectivity index is -0.00000000874. The Morgan fingerprint density at radius 2 is 0.579 bits per heavy atom. The van der Waals surface area contributed by atoms with Gasteiger partial charge in [-0.3, -0.25) is 40.7 Å². The zero-order chi connectivity index (χ0) is 17.6. The van der Waals surface area contributed by atoms with Gasteiger partial charge >= 0.3 is 0 Å². The number of hydrogen-bond donors (Lipinski definition) is 0. The van der Waals surface area contributed by atoms with Gasteiger partial charge in [0.15, 0.2) is 0 Å². The number of rotatable bonds is 0. The summed E-state index contributed by atoms with van der Waals surface area (Å²) in [6.45, 7) is 25.8. The summed E-state index contributed by atoms with van der Waals surface area (Å²) >= 11 is 0. The van der Waals surface area contributed by atoms with Gasteiger partial charge < -0.3 is 47.5 Å². The fourth-order valence-electron chi connectivity index (χ4n) is 0. The fourth-order valence-corrected chi connectivity index (χ4v) is 0. The van der Waals surface area contributed by atoms with E-state index >= 15 is 0 Å². The molecule has 0 rings (SSSR count). The Labute approximate surface area is 126 Å². The van der Waals surface area contributed by atoms with Crippen molar-refractivity contribution in [2.24, 2.45) is 0 Å². The average Bonchev–Trinajstić information content (AvgIpc) is 2.52. The van der Waals surface area contributed by atoms with Crippen molar-refractivity contribution >= 4 is 40.7 Å². The molecule has 0 aliphatic rings. The molecular formula is C12H16CoO6-8. The second kappa shape index (κ2) is 3100. The van der Waals surface area contributed by atoms with E-state index in [1.807, 2.05) is 0 Å². The zero-order valence-corrected chi connectivity index (χ0v) is 11.9. The van der Waals surface area contributed by atoms with Gasteiger partial charge in [-0.2, -0.15) is 20.8 Å². The molecule has 0 saturated heterocycles. The second-order valence-corrected chi connectivity index (χ2v) is 1.50. The van der Waals surface area contributed by atoms with E-state index < -0.39 is 0 Å². The summed E-state index contributed by atoms with van der Waals surface area (Å²) in [6.07, 6.45) is 9.00. The van der Waals surface area contributed by atoms with Crippen molar-refractivity contribution in [3.63, 3.8) is 0 Å². The van der Waals surface area contributed by atoms with Crippen molar-refractivity contribution in [1.29, 1.82) is 0 Å². The van der Waals surface area contributed by atoms with Gasteiger partial charge in [0.25, 0.3) is 0 Å². The van der Waals surface area contributed by atoms with Crippen LogP contribution in [-0.4, -0.2) is 40.7 Å². The Morgan fingerprint density at radius 1 is 0.579 bits per heavy atom. The molecule has 7 heteroatoms. The van der Waals surface area contributed by atoms with Gasteiger partial charge in [0.2, 0.25) is 0 Å². The summed E-state index contributed by atoms with van der Waals surface area (Å²) in [6, 6.07) is 0. The van der Waals surface area contributed by atoms with Gasteiger partial charge in [-0.05, 0) is 0 Å². The molecule has 0 unspecified atom stereocenters. The van der Waals surface area contributed by atoms with E-state index in [0.29, 0.717) is 0 Å². The summed E-state index contributed by atoms with van der Waals surface area (Å²) < 4.78 is 0. The first-order valence-electron chi connectivity index (χ1n) is 3.20. The summed E-state index contributed by atoms with van der Waals surface area (Å²) in [5.41, 5.74) is 0. The molecule has 0 atom stereocenters. The Kier molecular flexibility index (Phi) is 11000. The van der Waals surface area contributed by atoms with Crippen LogP contribution in [0.5, 0.6) is 0 Å². The van der Waals surface area contributed by atoms with E-state index in [-0.39, 0.29) is 16.8 Å². The topological polar surface area (TPSA) is 102 Å². The third kappa shape index (κ3) is 872. The minimum atomic E-state index is 0.